The van der Waals surface area contributed by atoms with Gasteiger partial charge in [0.05, 0.1) is 26.3 Å². The molecule has 35 heavy (non-hydrogen) atoms. The van der Waals surface area contributed by atoms with Crippen molar-refractivity contribution in [1.29, 1.82) is 0 Å². The van der Waals surface area contributed by atoms with E-state index in [2.05, 4.69) is 34.5 Å². The third kappa shape index (κ3) is 5.22. The molecular weight excluding hydrogens is 448 g/mol. The molecule has 3 aliphatic heterocycles. The van der Waals surface area contributed by atoms with Gasteiger partial charge in [0.2, 0.25) is 5.91 Å². The zero-order valence-electron chi connectivity index (χ0n) is 19.9. The summed E-state index contributed by atoms with van der Waals surface area (Å²) in [4.78, 5) is 43.3. The number of fused-ring (bicyclic) bond motifs is 1. The molecule has 0 aliphatic carbocycles. The van der Waals surface area contributed by atoms with Crippen molar-refractivity contribution in [1.82, 2.24) is 20.0 Å². The van der Waals surface area contributed by atoms with Gasteiger partial charge in [0.25, 0.3) is 11.8 Å². The summed E-state index contributed by atoms with van der Waals surface area (Å²) < 4.78 is 11.5. The second-order valence-electron chi connectivity index (χ2n) is 9.33. The molecule has 5 rings (SSSR count). The van der Waals surface area contributed by atoms with Crippen LogP contribution >= 0.6 is 0 Å². The Morgan fingerprint density at radius 2 is 1.74 bits per heavy atom. The number of hydrogen-bond acceptors (Lipinski definition) is 7. The monoisotopic (exact) mass is 478 g/mol. The number of amides is 3. The van der Waals surface area contributed by atoms with Gasteiger partial charge in [0.15, 0.2) is 0 Å². The Morgan fingerprint density at radius 3 is 2.51 bits per heavy atom. The van der Waals surface area contributed by atoms with Crippen LogP contribution in [0.3, 0.4) is 0 Å². The summed E-state index contributed by atoms with van der Waals surface area (Å²) in [7, 11) is 1.76. The molecule has 0 unspecified atom stereocenters. The zero-order valence-corrected chi connectivity index (χ0v) is 19.9. The lowest BCUT2D eigenvalue weighted by Crippen LogP contribution is -2.49. The quantitative estimate of drug-likeness (QED) is 0.620. The van der Waals surface area contributed by atoms with Crippen molar-refractivity contribution in [3.63, 3.8) is 0 Å². The lowest BCUT2D eigenvalue weighted by molar-refractivity contribution is -0.131. The fraction of sp³-hybridized carbons (Fsp3) is 0.423. The number of morpholine rings is 1. The molecule has 1 atom stereocenters. The minimum absolute atomic E-state index is 0.122. The van der Waals surface area contributed by atoms with Crippen molar-refractivity contribution in [2.24, 2.45) is 0 Å². The third-order valence-electron chi connectivity index (χ3n) is 6.72. The van der Waals surface area contributed by atoms with E-state index in [1.807, 2.05) is 6.07 Å². The standard InChI is InChI=1S/C26H30N4O5/c1-28-15-22(25(32)27-24(31)16-28)30-14-21-20(26(30)33)3-2-4-23(21)35-17-19-7-5-18(6-8-19)13-29-9-11-34-12-10-29/h2-8,22H,9-17H2,1H3,(H,27,31,32)/t22-/m0/s1. The normalized spacial score (nSPS) is 21.6. The minimum atomic E-state index is -0.738. The van der Waals surface area contributed by atoms with Crippen LogP contribution in [0.1, 0.15) is 27.0 Å². The summed E-state index contributed by atoms with van der Waals surface area (Å²) in [6.07, 6.45) is 0. The minimum Gasteiger partial charge on any atom is -0.489 e. The smallest absolute Gasteiger partial charge is 0.255 e. The van der Waals surface area contributed by atoms with Crippen molar-refractivity contribution in [2.75, 3.05) is 46.4 Å². The highest BCUT2D eigenvalue weighted by Gasteiger charge is 2.40. The number of likely N-dealkylation sites (N-methyl/N-ethyl adjacent to an activating group) is 1. The molecule has 1 N–H and O–H groups in total. The van der Waals surface area contributed by atoms with Crippen LogP contribution in [-0.4, -0.2) is 84.9 Å². The highest BCUT2D eigenvalue weighted by Crippen LogP contribution is 2.33. The number of carbonyl (C=O) groups is 3. The van der Waals surface area contributed by atoms with Gasteiger partial charge in [-0.05, 0) is 30.3 Å². The Morgan fingerprint density at radius 1 is 1.00 bits per heavy atom. The van der Waals surface area contributed by atoms with Crippen LogP contribution < -0.4 is 10.1 Å². The molecule has 3 amide bonds. The van der Waals surface area contributed by atoms with Crippen molar-refractivity contribution in [3.8, 4) is 5.75 Å². The van der Waals surface area contributed by atoms with Gasteiger partial charge < -0.3 is 14.4 Å². The van der Waals surface area contributed by atoms with Crippen molar-refractivity contribution < 1.29 is 23.9 Å². The molecule has 2 aromatic carbocycles. The predicted molar refractivity (Wildman–Crippen MR) is 128 cm³/mol. The zero-order chi connectivity index (χ0) is 24.4. The SMILES string of the molecule is CN1CC(=O)NC(=O)[C@@H](N2Cc3c(OCc4ccc(CN5CCOCC5)cc4)cccc3C2=O)C1. The molecule has 9 heteroatoms. The van der Waals surface area contributed by atoms with Gasteiger partial charge in [-0.2, -0.15) is 0 Å². The number of nitrogens with zero attached hydrogens (tertiary/aromatic N) is 3. The van der Waals surface area contributed by atoms with E-state index in [0.29, 0.717) is 24.5 Å². The van der Waals surface area contributed by atoms with Gasteiger partial charge in [-0.25, -0.2) is 0 Å². The molecule has 3 heterocycles. The lowest BCUT2D eigenvalue weighted by Gasteiger charge is -2.27. The lowest BCUT2D eigenvalue weighted by atomic mass is 10.1. The Kier molecular flexibility index (Phi) is 6.81. The van der Waals surface area contributed by atoms with Crippen molar-refractivity contribution in [2.45, 2.75) is 25.7 Å². The number of ether oxygens (including phenoxy) is 2. The first-order valence-corrected chi connectivity index (χ1v) is 11.9. The Labute approximate surface area is 204 Å². The van der Waals surface area contributed by atoms with Crippen LogP contribution in [0, 0.1) is 0 Å². The Hall–Kier alpha value is -3.27. The number of rotatable bonds is 6. The Bertz CT molecular complexity index is 1110. The maximum Gasteiger partial charge on any atom is 0.255 e. The van der Waals surface area contributed by atoms with Gasteiger partial charge in [-0.3, -0.25) is 29.5 Å². The van der Waals surface area contributed by atoms with Gasteiger partial charge in [-0.15, -0.1) is 0 Å². The van der Waals surface area contributed by atoms with Crippen LogP contribution in [0.2, 0.25) is 0 Å². The number of hydrogen-bond donors (Lipinski definition) is 1. The van der Waals surface area contributed by atoms with Crippen molar-refractivity contribution >= 4 is 17.7 Å². The summed E-state index contributed by atoms with van der Waals surface area (Å²) in [5, 5.41) is 2.38. The van der Waals surface area contributed by atoms with E-state index in [1.54, 1.807) is 24.1 Å². The molecule has 2 aromatic rings. The molecule has 0 saturated carbocycles. The van der Waals surface area contributed by atoms with E-state index in [4.69, 9.17) is 9.47 Å². The highest BCUT2D eigenvalue weighted by atomic mass is 16.5. The number of imide groups is 1. The molecule has 9 nitrogen and oxygen atoms in total. The van der Waals surface area contributed by atoms with Crippen LogP contribution in [0.4, 0.5) is 0 Å². The van der Waals surface area contributed by atoms with Crippen LogP contribution in [0.5, 0.6) is 5.75 Å². The second kappa shape index (κ2) is 10.2. The molecule has 0 aromatic heterocycles. The number of carbonyl (C=O) groups excluding carboxylic acids is 3. The van der Waals surface area contributed by atoms with Gasteiger partial charge in [-0.1, -0.05) is 30.3 Å². The first-order chi connectivity index (χ1) is 17.0. The van der Waals surface area contributed by atoms with E-state index < -0.39 is 11.9 Å². The summed E-state index contributed by atoms with van der Waals surface area (Å²) in [5.41, 5.74) is 3.60. The van der Waals surface area contributed by atoms with Crippen LogP contribution in [0.15, 0.2) is 42.5 Å². The van der Waals surface area contributed by atoms with Gasteiger partial charge >= 0.3 is 0 Å². The highest BCUT2D eigenvalue weighted by molar-refractivity contribution is 6.05. The molecule has 0 radical (unpaired) electrons. The predicted octanol–water partition coefficient (Wildman–Crippen LogP) is 1.01. The largest absolute Gasteiger partial charge is 0.489 e. The second-order valence-corrected chi connectivity index (χ2v) is 9.33. The molecule has 2 saturated heterocycles. The first-order valence-electron chi connectivity index (χ1n) is 11.9. The molecule has 3 aliphatic rings. The van der Waals surface area contributed by atoms with E-state index >= 15 is 0 Å². The molecular formula is C26H30N4O5. The molecule has 2 fully saturated rings. The Balaban J connectivity index is 1.25. The van der Waals surface area contributed by atoms with Gasteiger partial charge in [0, 0.05) is 37.3 Å². The molecule has 0 spiro atoms. The molecule has 184 valence electrons. The third-order valence-corrected chi connectivity index (χ3v) is 6.72. The summed E-state index contributed by atoms with van der Waals surface area (Å²) in [5.74, 6) is -0.390. The van der Waals surface area contributed by atoms with Crippen LogP contribution in [0.25, 0.3) is 0 Å². The average molecular weight is 479 g/mol. The topological polar surface area (TPSA) is 91.4 Å². The van der Waals surface area contributed by atoms with E-state index in [9.17, 15) is 14.4 Å². The maximum atomic E-state index is 13.1. The number of benzene rings is 2. The summed E-state index contributed by atoms with van der Waals surface area (Å²) >= 11 is 0. The fourth-order valence-corrected chi connectivity index (χ4v) is 4.82. The summed E-state index contributed by atoms with van der Waals surface area (Å²) in [6.45, 7) is 5.45. The van der Waals surface area contributed by atoms with Crippen molar-refractivity contribution in [3.05, 3.63) is 64.7 Å². The molecule has 0 bridgehead atoms. The van der Waals surface area contributed by atoms with E-state index in [0.717, 1.165) is 44.0 Å². The fourth-order valence-electron chi connectivity index (χ4n) is 4.82. The average Bonchev–Trinajstić information content (AvgIpc) is 3.12. The maximum absolute atomic E-state index is 13.1. The summed E-state index contributed by atoms with van der Waals surface area (Å²) in [6, 6.07) is 13.1. The van der Waals surface area contributed by atoms with Crippen LogP contribution in [-0.2, 0) is 34.0 Å². The number of nitrogens with one attached hydrogen (secondary N) is 1. The first kappa shape index (κ1) is 23.5. The van der Waals surface area contributed by atoms with E-state index in [-0.39, 0.29) is 24.9 Å². The van der Waals surface area contributed by atoms with Gasteiger partial charge in [0.1, 0.15) is 18.4 Å². The van der Waals surface area contributed by atoms with E-state index in [1.165, 1.54) is 10.5 Å².